The highest BCUT2D eigenvalue weighted by molar-refractivity contribution is 7.99. The topological polar surface area (TPSA) is 47.9 Å². The van der Waals surface area contributed by atoms with Gasteiger partial charge in [0.05, 0.1) is 19.1 Å². The van der Waals surface area contributed by atoms with Crippen molar-refractivity contribution >= 4 is 28.6 Å². The second kappa shape index (κ2) is 15.6. The first-order valence-electron chi connectivity index (χ1n) is 21.5. The van der Waals surface area contributed by atoms with Crippen LogP contribution in [-0.2, 0) is 17.4 Å². The lowest BCUT2D eigenvalue weighted by molar-refractivity contribution is 0.132. The van der Waals surface area contributed by atoms with E-state index in [1.807, 2.05) is 12.1 Å². The Morgan fingerprint density at radius 3 is 2.07 bits per heavy atom. The van der Waals surface area contributed by atoms with Gasteiger partial charge in [-0.15, -0.1) is 0 Å². The van der Waals surface area contributed by atoms with E-state index in [4.69, 9.17) is 14.2 Å². The third-order valence-corrected chi connectivity index (χ3v) is 15.7. The first-order chi connectivity index (χ1) is 28.7. The first kappa shape index (κ1) is 39.5. The van der Waals surface area contributed by atoms with Crippen molar-refractivity contribution in [3.8, 4) is 28.4 Å². The molecule has 5 heteroatoms. The molecule has 0 bridgehead atoms. The van der Waals surface area contributed by atoms with E-state index in [1.54, 1.807) is 26.0 Å². The zero-order chi connectivity index (χ0) is 40.9. The van der Waals surface area contributed by atoms with Crippen LogP contribution in [0.3, 0.4) is 0 Å². The van der Waals surface area contributed by atoms with Crippen molar-refractivity contribution in [3.63, 3.8) is 0 Å². The van der Waals surface area contributed by atoms with E-state index in [9.17, 15) is 5.11 Å². The number of aliphatic hydroxyl groups is 1. The standard InChI is InChI=1S/C54H56O4S/c1-7-52(8-2)28-30-53(31-29-52)45-17-10-9-16-41(45)48-43-34-47(59-51-35(3)13-11-14-36(51)4)46(57-6)33-44(43)50-42(49(48)53)26-27-54(58-50,39-22-24-40(56-5)25-23-39)38-20-18-37(19-21-38)15-12-32-55/h9-11,13-14,16-27,33-34,55H,7-8,12,15,28-32H2,1-6H3. The molecule has 1 atom stereocenters. The van der Waals surface area contributed by atoms with E-state index < -0.39 is 5.60 Å². The largest absolute Gasteiger partial charge is 0.497 e. The van der Waals surface area contributed by atoms with E-state index in [-0.39, 0.29) is 12.0 Å². The van der Waals surface area contributed by atoms with Crippen molar-refractivity contribution in [2.45, 2.75) is 99.9 Å². The second-order valence-electron chi connectivity index (χ2n) is 17.1. The minimum atomic E-state index is -0.917. The highest BCUT2D eigenvalue weighted by Gasteiger charge is 2.51. The maximum absolute atomic E-state index is 9.57. The molecule has 1 unspecified atom stereocenters. The Kier molecular flexibility index (Phi) is 10.4. The monoisotopic (exact) mass is 800 g/mol. The summed E-state index contributed by atoms with van der Waals surface area (Å²) in [6, 6.07) is 37.5. The lowest BCUT2D eigenvalue weighted by Crippen LogP contribution is -2.38. The molecule has 0 amide bonds. The van der Waals surface area contributed by atoms with E-state index >= 15 is 0 Å². The fourth-order valence-corrected chi connectivity index (χ4v) is 11.8. The van der Waals surface area contributed by atoms with Gasteiger partial charge < -0.3 is 19.3 Å². The summed E-state index contributed by atoms with van der Waals surface area (Å²) < 4.78 is 19.8. The molecule has 3 aliphatic rings. The lowest BCUT2D eigenvalue weighted by Gasteiger charge is -2.47. The van der Waals surface area contributed by atoms with E-state index in [2.05, 4.69) is 131 Å². The van der Waals surface area contributed by atoms with Gasteiger partial charge in [-0.25, -0.2) is 0 Å². The molecule has 6 aromatic carbocycles. The van der Waals surface area contributed by atoms with Gasteiger partial charge in [0.1, 0.15) is 17.2 Å². The molecule has 2 aliphatic carbocycles. The van der Waals surface area contributed by atoms with E-state index in [0.717, 1.165) is 64.3 Å². The first-order valence-corrected chi connectivity index (χ1v) is 22.3. The number of aliphatic hydroxyl groups excluding tert-OH is 1. The Balaban J connectivity index is 1.33. The summed E-state index contributed by atoms with van der Waals surface area (Å²) >= 11 is 1.80. The average molecular weight is 801 g/mol. The van der Waals surface area contributed by atoms with Gasteiger partial charge in [0.25, 0.3) is 0 Å². The smallest absolute Gasteiger partial charge is 0.178 e. The number of hydrogen-bond donors (Lipinski definition) is 1. The van der Waals surface area contributed by atoms with Crippen molar-refractivity contribution < 1.29 is 19.3 Å². The molecule has 0 radical (unpaired) electrons. The molecule has 4 nitrogen and oxygen atoms in total. The predicted octanol–water partition coefficient (Wildman–Crippen LogP) is 13.5. The minimum Gasteiger partial charge on any atom is -0.497 e. The normalized spacial score (nSPS) is 18.3. The van der Waals surface area contributed by atoms with Crippen molar-refractivity contribution in [1.82, 2.24) is 0 Å². The number of hydrogen-bond acceptors (Lipinski definition) is 5. The Labute approximate surface area is 354 Å². The number of rotatable bonds is 11. The number of benzene rings is 6. The molecule has 1 saturated carbocycles. The molecule has 6 aromatic rings. The zero-order valence-electron chi connectivity index (χ0n) is 35.4. The molecule has 0 saturated heterocycles. The predicted molar refractivity (Wildman–Crippen MR) is 244 cm³/mol. The Morgan fingerprint density at radius 1 is 0.746 bits per heavy atom. The minimum absolute atomic E-state index is 0.125. The molecule has 1 heterocycles. The van der Waals surface area contributed by atoms with Crippen LogP contribution in [0.1, 0.15) is 103 Å². The Hall–Kier alpha value is -4.97. The maximum Gasteiger partial charge on any atom is 0.178 e. The molecular weight excluding hydrogens is 745 g/mol. The van der Waals surface area contributed by atoms with Crippen LogP contribution in [0.5, 0.6) is 17.2 Å². The van der Waals surface area contributed by atoms with Gasteiger partial charge in [-0.3, -0.25) is 0 Å². The SMILES string of the molecule is CCC1(CC)CCC2(CC1)c1ccccc1-c1c2c2c(c3cc(OC)c(Sc4c(C)cccc4C)cc13)OC(c1ccc(CCCO)cc1)(c1ccc(OC)cc1)C=C2. The average Bonchev–Trinajstić information content (AvgIpc) is 3.56. The number of methoxy groups -OCH3 is 2. The van der Waals surface area contributed by atoms with Crippen LogP contribution in [0, 0.1) is 19.3 Å². The summed E-state index contributed by atoms with van der Waals surface area (Å²) in [6.07, 6.45) is 13.3. The summed E-state index contributed by atoms with van der Waals surface area (Å²) in [7, 11) is 3.50. The molecule has 302 valence electrons. The number of aryl methyl sites for hydroxylation is 3. The molecular formula is C54H56O4S. The molecule has 1 fully saturated rings. The third kappa shape index (κ3) is 6.39. The van der Waals surface area contributed by atoms with Crippen LogP contribution in [-0.4, -0.2) is 25.9 Å². The second-order valence-corrected chi connectivity index (χ2v) is 18.2. The van der Waals surface area contributed by atoms with Gasteiger partial charge in [0.2, 0.25) is 0 Å². The molecule has 1 spiro atoms. The van der Waals surface area contributed by atoms with Gasteiger partial charge in [-0.05, 0) is 132 Å². The van der Waals surface area contributed by atoms with Crippen LogP contribution < -0.4 is 14.2 Å². The van der Waals surface area contributed by atoms with Crippen LogP contribution in [0.15, 0.2) is 119 Å². The summed E-state index contributed by atoms with van der Waals surface area (Å²) in [5.74, 6) is 2.54. The van der Waals surface area contributed by atoms with Crippen molar-refractivity contribution in [2.24, 2.45) is 5.41 Å². The highest BCUT2D eigenvalue weighted by Crippen LogP contribution is 2.65. The van der Waals surface area contributed by atoms with Crippen molar-refractivity contribution in [1.29, 1.82) is 0 Å². The Morgan fingerprint density at radius 2 is 1.42 bits per heavy atom. The summed E-state index contributed by atoms with van der Waals surface area (Å²) in [6.45, 7) is 9.36. The number of fused-ring (bicyclic) bond motifs is 10. The fraction of sp³-hybridized carbons (Fsp3) is 0.333. The van der Waals surface area contributed by atoms with Crippen LogP contribution >= 0.6 is 11.8 Å². The number of ether oxygens (including phenoxy) is 3. The third-order valence-electron chi connectivity index (χ3n) is 14.3. The summed E-state index contributed by atoms with van der Waals surface area (Å²) in [4.78, 5) is 2.36. The van der Waals surface area contributed by atoms with Gasteiger partial charge in [0.15, 0.2) is 5.60 Å². The van der Waals surface area contributed by atoms with Crippen molar-refractivity contribution in [2.75, 3.05) is 20.8 Å². The summed E-state index contributed by atoms with van der Waals surface area (Å²) in [5, 5.41) is 11.8. The summed E-state index contributed by atoms with van der Waals surface area (Å²) in [5.41, 5.74) is 11.9. The molecule has 59 heavy (non-hydrogen) atoms. The maximum atomic E-state index is 9.57. The highest BCUT2D eigenvalue weighted by atomic mass is 32.2. The molecule has 1 aliphatic heterocycles. The lowest BCUT2D eigenvalue weighted by atomic mass is 9.58. The quantitative estimate of drug-likeness (QED) is 0.141. The van der Waals surface area contributed by atoms with Crippen LogP contribution in [0.25, 0.3) is 28.0 Å². The van der Waals surface area contributed by atoms with E-state index in [1.165, 1.54) is 80.5 Å². The zero-order valence-corrected chi connectivity index (χ0v) is 36.2. The van der Waals surface area contributed by atoms with Crippen LogP contribution in [0.4, 0.5) is 0 Å². The molecule has 1 N–H and O–H groups in total. The van der Waals surface area contributed by atoms with Gasteiger partial charge in [-0.2, -0.15) is 0 Å². The van der Waals surface area contributed by atoms with Gasteiger partial charge >= 0.3 is 0 Å². The van der Waals surface area contributed by atoms with E-state index in [0.29, 0.717) is 5.41 Å². The van der Waals surface area contributed by atoms with Crippen LogP contribution in [0.2, 0.25) is 0 Å². The molecule has 0 aromatic heterocycles. The van der Waals surface area contributed by atoms with Crippen molar-refractivity contribution in [3.05, 3.63) is 154 Å². The fourth-order valence-electron chi connectivity index (χ4n) is 10.7. The van der Waals surface area contributed by atoms with Gasteiger partial charge in [0, 0.05) is 39.0 Å². The Bertz CT molecular complexity index is 2530. The van der Waals surface area contributed by atoms with Gasteiger partial charge in [-0.1, -0.05) is 123 Å². The molecule has 9 rings (SSSR count).